The summed E-state index contributed by atoms with van der Waals surface area (Å²) in [5.74, 6) is 5.28. The average molecular weight is 299 g/mol. The lowest BCUT2D eigenvalue weighted by molar-refractivity contribution is -0.123. The predicted molar refractivity (Wildman–Crippen MR) is 71.7 cm³/mol. The van der Waals surface area contributed by atoms with Crippen molar-refractivity contribution in [2.75, 3.05) is 11.9 Å². The van der Waals surface area contributed by atoms with Crippen LogP contribution >= 0.6 is 15.9 Å². The summed E-state index contributed by atoms with van der Waals surface area (Å²) in [4.78, 5) is 11.0. The van der Waals surface area contributed by atoms with E-state index in [1.165, 1.54) is 0 Å². The largest absolute Gasteiger partial charge is 0.483 e. The summed E-state index contributed by atoms with van der Waals surface area (Å²) in [5.41, 5.74) is 2.96. The molecule has 0 atom stereocenters. The SMILES string of the molecule is NNC(=O)COc1ccccc1C=CCCBr. The van der Waals surface area contributed by atoms with Crippen molar-refractivity contribution < 1.29 is 9.53 Å². The summed E-state index contributed by atoms with van der Waals surface area (Å²) in [6.45, 7) is -0.0835. The minimum atomic E-state index is -0.357. The van der Waals surface area contributed by atoms with E-state index in [0.717, 1.165) is 17.3 Å². The first-order valence-electron chi connectivity index (χ1n) is 5.21. The number of nitrogens with one attached hydrogen (secondary N) is 1. The highest BCUT2D eigenvalue weighted by Gasteiger charge is 2.02. The maximum Gasteiger partial charge on any atom is 0.271 e. The number of ether oxygens (including phenoxy) is 1. The third kappa shape index (κ3) is 5.01. The van der Waals surface area contributed by atoms with Crippen LogP contribution in [0, 0.1) is 0 Å². The molecule has 0 heterocycles. The van der Waals surface area contributed by atoms with E-state index in [9.17, 15) is 4.79 Å². The molecule has 0 saturated carbocycles. The van der Waals surface area contributed by atoms with Gasteiger partial charge in [-0.2, -0.15) is 0 Å². The highest BCUT2D eigenvalue weighted by atomic mass is 79.9. The van der Waals surface area contributed by atoms with Crippen molar-refractivity contribution in [1.82, 2.24) is 5.43 Å². The second kappa shape index (κ2) is 7.86. The number of benzene rings is 1. The van der Waals surface area contributed by atoms with E-state index >= 15 is 0 Å². The fourth-order valence-electron chi connectivity index (χ4n) is 1.21. The Hall–Kier alpha value is -1.33. The Balaban J connectivity index is 2.67. The van der Waals surface area contributed by atoms with Crippen LogP contribution in [-0.4, -0.2) is 17.8 Å². The number of amides is 1. The maximum atomic E-state index is 11.0. The zero-order chi connectivity index (χ0) is 12.5. The molecule has 3 N–H and O–H groups in total. The van der Waals surface area contributed by atoms with Gasteiger partial charge in [-0.05, 0) is 12.5 Å². The number of para-hydroxylation sites is 1. The Kier molecular flexibility index (Phi) is 6.35. The third-order valence-corrected chi connectivity index (χ3v) is 2.47. The van der Waals surface area contributed by atoms with Crippen molar-refractivity contribution in [3.05, 3.63) is 35.9 Å². The number of hydrogen-bond donors (Lipinski definition) is 2. The van der Waals surface area contributed by atoms with Crippen LogP contribution in [0.2, 0.25) is 0 Å². The van der Waals surface area contributed by atoms with Crippen molar-refractivity contribution in [3.63, 3.8) is 0 Å². The highest BCUT2D eigenvalue weighted by molar-refractivity contribution is 9.09. The molecule has 92 valence electrons. The Labute approximate surface area is 109 Å². The van der Waals surface area contributed by atoms with Crippen molar-refractivity contribution in [3.8, 4) is 5.75 Å². The van der Waals surface area contributed by atoms with Crippen molar-refractivity contribution >= 4 is 27.9 Å². The van der Waals surface area contributed by atoms with Crippen LogP contribution in [-0.2, 0) is 4.79 Å². The summed E-state index contributed by atoms with van der Waals surface area (Å²) in [7, 11) is 0. The molecule has 0 bridgehead atoms. The van der Waals surface area contributed by atoms with E-state index < -0.39 is 0 Å². The second-order valence-electron chi connectivity index (χ2n) is 3.27. The number of carbonyl (C=O) groups is 1. The molecule has 1 amide bonds. The molecule has 0 aliphatic carbocycles. The van der Waals surface area contributed by atoms with Gasteiger partial charge < -0.3 is 4.74 Å². The number of nitrogens with two attached hydrogens (primary N) is 1. The monoisotopic (exact) mass is 298 g/mol. The van der Waals surface area contributed by atoms with Gasteiger partial charge >= 0.3 is 0 Å². The Morgan fingerprint density at radius 1 is 1.47 bits per heavy atom. The fraction of sp³-hybridized carbons (Fsp3) is 0.250. The molecule has 0 radical (unpaired) electrons. The van der Waals surface area contributed by atoms with Gasteiger partial charge in [0, 0.05) is 10.9 Å². The third-order valence-electron chi connectivity index (χ3n) is 2.01. The van der Waals surface area contributed by atoms with E-state index in [4.69, 9.17) is 10.6 Å². The van der Waals surface area contributed by atoms with Crippen molar-refractivity contribution in [2.24, 2.45) is 5.84 Å². The number of carbonyl (C=O) groups excluding carboxylic acids is 1. The van der Waals surface area contributed by atoms with Gasteiger partial charge in [0.05, 0.1) is 0 Å². The highest BCUT2D eigenvalue weighted by Crippen LogP contribution is 2.19. The first-order valence-corrected chi connectivity index (χ1v) is 6.34. The maximum absolute atomic E-state index is 11.0. The molecule has 1 aromatic rings. The van der Waals surface area contributed by atoms with Crippen LogP contribution in [0.25, 0.3) is 6.08 Å². The molecule has 0 spiro atoms. The zero-order valence-corrected chi connectivity index (χ0v) is 10.9. The second-order valence-corrected chi connectivity index (χ2v) is 4.07. The van der Waals surface area contributed by atoms with Gasteiger partial charge in [-0.15, -0.1) is 0 Å². The molecular weight excluding hydrogens is 284 g/mol. The number of rotatable bonds is 6. The van der Waals surface area contributed by atoms with Gasteiger partial charge in [-0.25, -0.2) is 5.84 Å². The molecule has 0 aliphatic heterocycles. The first kappa shape index (κ1) is 13.7. The minimum absolute atomic E-state index is 0.0835. The molecule has 17 heavy (non-hydrogen) atoms. The smallest absolute Gasteiger partial charge is 0.271 e. The summed E-state index contributed by atoms with van der Waals surface area (Å²) in [6, 6.07) is 7.53. The summed E-state index contributed by atoms with van der Waals surface area (Å²) >= 11 is 3.35. The summed E-state index contributed by atoms with van der Waals surface area (Å²) in [6.07, 6.45) is 4.95. The molecule has 0 aliphatic rings. The van der Waals surface area contributed by atoms with E-state index in [1.54, 1.807) is 0 Å². The Morgan fingerprint density at radius 3 is 2.94 bits per heavy atom. The molecule has 1 rings (SSSR count). The van der Waals surface area contributed by atoms with Gasteiger partial charge in [0.1, 0.15) is 5.75 Å². The van der Waals surface area contributed by atoms with Gasteiger partial charge in [0.15, 0.2) is 6.61 Å². The zero-order valence-electron chi connectivity index (χ0n) is 9.36. The van der Waals surface area contributed by atoms with Crippen molar-refractivity contribution in [1.29, 1.82) is 0 Å². The van der Waals surface area contributed by atoms with Crippen LogP contribution in [0.5, 0.6) is 5.75 Å². The lowest BCUT2D eigenvalue weighted by Gasteiger charge is -2.07. The van der Waals surface area contributed by atoms with Crippen LogP contribution in [0.1, 0.15) is 12.0 Å². The van der Waals surface area contributed by atoms with Gasteiger partial charge in [-0.1, -0.05) is 46.3 Å². The number of halogens is 1. The molecule has 0 saturated heterocycles. The average Bonchev–Trinajstić information content (AvgIpc) is 2.37. The topological polar surface area (TPSA) is 64.3 Å². The molecular formula is C12H15BrN2O2. The first-order chi connectivity index (χ1) is 8.27. The van der Waals surface area contributed by atoms with Crippen LogP contribution in [0.3, 0.4) is 0 Å². The molecule has 4 nitrogen and oxygen atoms in total. The molecule has 5 heteroatoms. The lowest BCUT2D eigenvalue weighted by Crippen LogP contribution is -2.34. The van der Waals surface area contributed by atoms with E-state index in [-0.39, 0.29) is 12.5 Å². The summed E-state index contributed by atoms with van der Waals surface area (Å²) < 4.78 is 5.37. The standard InChI is InChI=1S/C12H15BrN2O2/c13-8-4-3-6-10-5-1-2-7-11(10)17-9-12(16)15-14/h1-3,5-7H,4,8-9,14H2,(H,15,16). The number of hydrazine groups is 1. The quantitative estimate of drug-likeness (QED) is 0.365. The van der Waals surface area contributed by atoms with E-state index in [0.29, 0.717) is 5.75 Å². The predicted octanol–water partition coefficient (Wildman–Crippen LogP) is 1.85. The lowest BCUT2D eigenvalue weighted by atomic mass is 10.2. The van der Waals surface area contributed by atoms with Crippen molar-refractivity contribution in [2.45, 2.75) is 6.42 Å². The van der Waals surface area contributed by atoms with Gasteiger partial charge in [-0.3, -0.25) is 10.2 Å². The van der Waals surface area contributed by atoms with Crippen LogP contribution in [0.4, 0.5) is 0 Å². The van der Waals surface area contributed by atoms with Gasteiger partial charge in [0.25, 0.3) is 5.91 Å². The number of hydrogen-bond acceptors (Lipinski definition) is 3. The van der Waals surface area contributed by atoms with Crippen LogP contribution < -0.4 is 16.0 Å². The number of allylic oxidation sites excluding steroid dienone is 1. The van der Waals surface area contributed by atoms with Gasteiger partial charge in [0.2, 0.25) is 0 Å². The molecule has 0 aromatic heterocycles. The number of alkyl halides is 1. The van der Waals surface area contributed by atoms with Crippen LogP contribution in [0.15, 0.2) is 30.3 Å². The molecule has 1 aromatic carbocycles. The van der Waals surface area contributed by atoms with E-state index in [1.807, 2.05) is 41.8 Å². The summed E-state index contributed by atoms with van der Waals surface area (Å²) in [5, 5.41) is 0.919. The fourth-order valence-corrected chi connectivity index (χ4v) is 1.47. The molecule has 0 fully saturated rings. The van der Waals surface area contributed by atoms with E-state index in [2.05, 4.69) is 15.9 Å². The Bertz CT molecular complexity index is 394. The Morgan fingerprint density at radius 2 is 2.24 bits per heavy atom. The minimum Gasteiger partial charge on any atom is -0.483 e. The normalized spacial score (nSPS) is 10.5. The molecule has 0 unspecified atom stereocenters.